The van der Waals surface area contributed by atoms with Crippen molar-refractivity contribution in [2.24, 2.45) is 0 Å². The van der Waals surface area contributed by atoms with Crippen LogP contribution in [0.25, 0.3) is 0 Å². The molecule has 0 spiro atoms. The number of carbonyl (C=O) groups excluding carboxylic acids is 2. The van der Waals surface area contributed by atoms with Crippen LogP contribution in [0, 0.1) is 0 Å². The molecular formula is C18H30N2O5. The predicted molar refractivity (Wildman–Crippen MR) is 91.3 cm³/mol. The molecular weight excluding hydrogens is 324 g/mol. The van der Waals surface area contributed by atoms with E-state index in [0.717, 1.165) is 25.9 Å². The standard InChI is InChI=1S/C18H30N2O5/c1-18(2,3)25-17(22)20-8-4-5-15(20)16(21)19-9-6-13(11-19)24-14-7-10-23-12-14/h13-15H,4-12H2,1-3H3/t13-,14-,15+/m1/s1. The Hall–Kier alpha value is -1.34. The van der Waals surface area contributed by atoms with Crippen molar-refractivity contribution in [2.75, 3.05) is 32.8 Å². The van der Waals surface area contributed by atoms with E-state index >= 15 is 0 Å². The number of carbonyl (C=O) groups is 2. The Bertz CT molecular complexity index is 498. The SMILES string of the molecule is CC(C)(C)OC(=O)N1CCC[C@H]1C(=O)N1CC[C@@H](O[C@@H]2CCOC2)C1. The Morgan fingerprint density at radius 3 is 2.56 bits per heavy atom. The molecule has 142 valence electrons. The van der Waals surface area contributed by atoms with E-state index in [2.05, 4.69) is 0 Å². The van der Waals surface area contributed by atoms with E-state index in [0.29, 0.717) is 32.7 Å². The van der Waals surface area contributed by atoms with Gasteiger partial charge in [0, 0.05) is 26.2 Å². The number of hydrogen-bond donors (Lipinski definition) is 0. The molecule has 7 heteroatoms. The molecule has 3 aliphatic heterocycles. The second-order valence-corrected chi connectivity index (χ2v) is 8.15. The highest BCUT2D eigenvalue weighted by Crippen LogP contribution is 2.25. The molecule has 3 heterocycles. The average Bonchev–Trinajstić information content (AvgIpc) is 3.27. The third-order valence-electron chi connectivity index (χ3n) is 4.90. The lowest BCUT2D eigenvalue weighted by molar-refractivity contribution is -0.135. The molecule has 0 aromatic rings. The first-order valence-corrected chi connectivity index (χ1v) is 9.35. The van der Waals surface area contributed by atoms with Gasteiger partial charge in [0.05, 0.1) is 18.8 Å². The minimum atomic E-state index is -0.552. The van der Waals surface area contributed by atoms with Crippen LogP contribution in [0.5, 0.6) is 0 Å². The van der Waals surface area contributed by atoms with Gasteiger partial charge >= 0.3 is 6.09 Å². The minimum Gasteiger partial charge on any atom is -0.444 e. The summed E-state index contributed by atoms with van der Waals surface area (Å²) in [7, 11) is 0. The molecule has 0 N–H and O–H groups in total. The normalized spacial score (nSPS) is 30.1. The van der Waals surface area contributed by atoms with Crippen LogP contribution in [0.1, 0.15) is 46.5 Å². The molecule has 7 nitrogen and oxygen atoms in total. The van der Waals surface area contributed by atoms with Gasteiger partial charge in [-0.15, -0.1) is 0 Å². The van der Waals surface area contributed by atoms with Gasteiger partial charge in [-0.25, -0.2) is 4.79 Å². The van der Waals surface area contributed by atoms with Crippen LogP contribution in [-0.4, -0.2) is 78.5 Å². The van der Waals surface area contributed by atoms with Gasteiger partial charge in [-0.05, 0) is 46.5 Å². The fourth-order valence-corrected chi connectivity index (χ4v) is 3.71. The van der Waals surface area contributed by atoms with Crippen molar-refractivity contribution in [3.63, 3.8) is 0 Å². The Morgan fingerprint density at radius 1 is 1.08 bits per heavy atom. The van der Waals surface area contributed by atoms with Crippen LogP contribution in [0.4, 0.5) is 4.79 Å². The van der Waals surface area contributed by atoms with Gasteiger partial charge in [-0.1, -0.05) is 0 Å². The van der Waals surface area contributed by atoms with Crippen LogP contribution >= 0.6 is 0 Å². The first kappa shape index (κ1) is 18.5. The average molecular weight is 354 g/mol. The molecule has 0 saturated carbocycles. The second-order valence-electron chi connectivity index (χ2n) is 8.15. The molecule has 2 amide bonds. The Labute approximate surface area is 149 Å². The quantitative estimate of drug-likeness (QED) is 0.773. The summed E-state index contributed by atoms with van der Waals surface area (Å²) in [6.07, 6.45) is 3.16. The third kappa shape index (κ3) is 4.64. The molecule has 3 atom stereocenters. The van der Waals surface area contributed by atoms with Gasteiger partial charge in [0.1, 0.15) is 11.6 Å². The number of ether oxygens (including phenoxy) is 3. The van der Waals surface area contributed by atoms with Gasteiger partial charge in [-0.3, -0.25) is 9.69 Å². The van der Waals surface area contributed by atoms with E-state index in [1.165, 1.54) is 0 Å². The van der Waals surface area contributed by atoms with Crippen LogP contribution in [-0.2, 0) is 19.0 Å². The summed E-state index contributed by atoms with van der Waals surface area (Å²) in [5.41, 5.74) is -0.552. The summed E-state index contributed by atoms with van der Waals surface area (Å²) in [5, 5.41) is 0. The molecule has 25 heavy (non-hydrogen) atoms. The number of rotatable bonds is 3. The molecule has 0 unspecified atom stereocenters. The number of likely N-dealkylation sites (tertiary alicyclic amines) is 2. The molecule has 0 aliphatic carbocycles. The van der Waals surface area contributed by atoms with E-state index in [1.54, 1.807) is 4.90 Å². The molecule has 0 aromatic heterocycles. The van der Waals surface area contributed by atoms with E-state index in [-0.39, 0.29) is 18.1 Å². The molecule has 3 rings (SSSR count). The molecule has 0 radical (unpaired) electrons. The zero-order valence-corrected chi connectivity index (χ0v) is 15.5. The summed E-state index contributed by atoms with van der Waals surface area (Å²) in [6, 6.07) is -0.400. The Balaban J connectivity index is 1.54. The number of nitrogens with zero attached hydrogens (tertiary/aromatic N) is 2. The summed E-state index contributed by atoms with van der Waals surface area (Å²) < 4.78 is 16.8. The first-order valence-electron chi connectivity index (χ1n) is 9.35. The van der Waals surface area contributed by atoms with Crippen LogP contribution in [0.15, 0.2) is 0 Å². The number of amides is 2. The van der Waals surface area contributed by atoms with Crippen molar-refractivity contribution in [2.45, 2.75) is 70.3 Å². The van der Waals surface area contributed by atoms with E-state index in [9.17, 15) is 9.59 Å². The third-order valence-corrected chi connectivity index (χ3v) is 4.90. The maximum absolute atomic E-state index is 12.9. The molecule has 0 bridgehead atoms. The topological polar surface area (TPSA) is 68.3 Å². The zero-order chi connectivity index (χ0) is 18.0. The predicted octanol–water partition coefficient (Wildman–Crippen LogP) is 1.79. The highest BCUT2D eigenvalue weighted by atomic mass is 16.6. The number of hydrogen-bond acceptors (Lipinski definition) is 5. The lowest BCUT2D eigenvalue weighted by atomic mass is 10.2. The van der Waals surface area contributed by atoms with Crippen molar-refractivity contribution in [3.05, 3.63) is 0 Å². The summed E-state index contributed by atoms with van der Waals surface area (Å²) in [5.74, 6) is 0.0251. The highest BCUT2D eigenvalue weighted by Gasteiger charge is 2.40. The van der Waals surface area contributed by atoms with Crippen LogP contribution in [0.2, 0.25) is 0 Å². The van der Waals surface area contributed by atoms with Gasteiger partial charge in [0.15, 0.2) is 0 Å². The first-order chi connectivity index (χ1) is 11.8. The Morgan fingerprint density at radius 2 is 1.88 bits per heavy atom. The van der Waals surface area contributed by atoms with Crippen molar-refractivity contribution in [3.8, 4) is 0 Å². The second kappa shape index (κ2) is 7.50. The van der Waals surface area contributed by atoms with E-state index in [1.807, 2.05) is 25.7 Å². The van der Waals surface area contributed by atoms with E-state index < -0.39 is 17.7 Å². The highest BCUT2D eigenvalue weighted by molar-refractivity contribution is 5.86. The molecule has 3 aliphatic rings. The van der Waals surface area contributed by atoms with Crippen molar-refractivity contribution < 1.29 is 23.8 Å². The Kier molecular flexibility index (Phi) is 5.53. The van der Waals surface area contributed by atoms with Gasteiger partial charge in [-0.2, -0.15) is 0 Å². The van der Waals surface area contributed by atoms with Crippen LogP contribution in [0.3, 0.4) is 0 Å². The lowest BCUT2D eigenvalue weighted by Gasteiger charge is -2.30. The van der Waals surface area contributed by atoms with Crippen molar-refractivity contribution in [1.82, 2.24) is 9.80 Å². The summed E-state index contributed by atoms with van der Waals surface area (Å²) >= 11 is 0. The molecule has 3 fully saturated rings. The fourth-order valence-electron chi connectivity index (χ4n) is 3.71. The maximum atomic E-state index is 12.9. The van der Waals surface area contributed by atoms with Crippen molar-refractivity contribution >= 4 is 12.0 Å². The van der Waals surface area contributed by atoms with Gasteiger partial charge < -0.3 is 19.1 Å². The van der Waals surface area contributed by atoms with Crippen molar-refractivity contribution in [1.29, 1.82) is 0 Å². The van der Waals surface area contributed by atoms with E-state index in [4.69, 9.17) is 14.2 Å². The van der Waals surface area contributed by atoms with Gasteiger partial charge in [0.25, 0.3) is 0 Å². The monoisotopic (exact) mass is 354 g/mol. The largest absolute Gasteiger partial charge is 0.444 e. The maximum Gasteiger partial charge on any atom is 0.410 e. The zero-order valence-electron chi connectivity index (χ0n) is 15.5. The summed E-state index contributed by atoms with van der Waals surface area (Å²) in [4.78, 5) is 28.7. The van der Waals surface area contributed by atoms with Crippen LogP contribution < -0.4 is 0 Å². The molecule has 3 saturated heterocycles. The van der Waals surface area contributed by atoms with Gasteiger partial charge in [0.2, 0.25) is 5.91 Å². The fraction of sp³-hybridized carbons (Fsp3) is 0.889. The smallest absolute Gasteiger partial charge is 0.410 e. The minimum absolute atomic E-state index is 0.0251. The lowest BCUT2D eigenvalue weighted by Crippen LogP contribution is -2.48. The summed E-state index contributed by atoms with van der Waals surface area (Å²) in [6.45, 7) is 8.81. The molecule has 0 aromatic carbocycles.